The van der Waals surface area contributed by atoms with Crippen molar-refractivity contribution in [2.45, 2.75) is 65.5 Å². The predicted octanol–water partition coefficient (Wildman–Crippen LogP) is 2.11. The Bertz CT molecular complexity index is 357. The Balaban J connectivity index is 2.65. The first kappa shape index (κ1) is 18.0. The Hall–Kier alpha value is -1.10. The number of aliphatic carboxylic acids is 1. The second-order valence-corrected chi connectivity index (χ2v) is 6.61. The van der Waals surface area contributed by atoms with Gasteiger partial charge in [-0.1, -0.05) is 20.8 Å². The fourth-order valence-electron chi connectivity index (χ4n) is 2.87. The Kier molecular flexibility index (Phi) is 7.15. The summed E-state index contributed by atoms with van der Waals surface area (Å²) in [6.07, 6.45) is 2.86. The number of rotatable bonds is 7. The van der Waals surface area contributed by atoms with Gasteiger partial charge in [-0.15, -0.1) is 0 Å². The van der Waals surface area contributed by atoms with E-state index in [1.165, 1.54) is 0 Å². The van der Waals surface area contributed by atoms with Gasteiger partial charge in [-0.05, 0) is 32.1 Å². The van der Waals surface area contributed by atoms with E-state index in [-0.39, 0.29) is 24.3 Å². The van der Waals surface area contributed by atoms with Crippen LogP contribution in [0.1, 0.15) is 53.4 Å². The van der Waals surface area contributed by atoms with Gasteiger partial charge in [-0.3, -0.25) is 14.5 Å². The average molecular weight is 298 g/mol. The van der Waals surface area contributed by atoms with E-state index in [9.17, 15) is 9.59 Å². The minimum absolute atomic E-state index is 0.0126. The molecule has 0 aromatic rings. The summed E-state index contributed by atoms with van der Waals surface area (Å²) in [5, 5.41) is 12.0. The lowest BCUT2D eigenvalue weighted by atomic mass is 9.89. The van der Waals surface area contributed by atoms with Crippen molar-refractivity contribution < 1.29 is 14.7 Å². The van der Waals surface area contributed by atoms with Crippen LogP contribution in [0.5, 0.6) is 0 Å². The number of carbonyl (C=O) groups excluding carboxylic acids is 1. The SMILES string of the molecule is CCC(C)N1CC(CCC(=O)O)CC(NC(=O)C(C)C)C1. The van der Waals surface area contributed by atoms with Gasteiger partial charge in [0.2, 0.25) is 5.91 Å². The summed E-state index contributed by atoms with van der Waals surface area (Å²) in [6.45, 7) is 9.96. The highest BCUT2D eigenvalue weighted by Crippen LogP contribution is 2.24. The van der Waals surface area contributed by atoms with Gasteiger partial charge in [0.25, 0.3) is 0 Å². The van der Waals surface area contributed by atoms with Crippen LogP contribution >= 0.6 is 0 Å². The summed E-state index contributed by atoms with van der Waals surface area (Å²) in [6, 6.07) is 0.609. The molecule has 0 aliphatic carbocycles. The molecule has 0 saturated carbocycles. The molecule has 5 nitrogen and oxygen atoms in total. The zero-order valence-corrected chi connectivity index (χ0v) is 13.8. The van der Waals surface area contributed by atoms with Gasteiger partial charge < -0.3 is 10.4 Å². The molecule has 1 amide bonds. The standard InChI is InChI=1S/C16H30N2O3/c1-5-12(4)18-9-13(6-7-15(19)20)8-14(10-18)17-16(21)11(2)3/h11-14H,5-10H2,1-4H3,(H,17,21)(H,19,20). The van der Waals surface area contributed by atoms with Crippen LogP contribution in [-0.4, -0.2) is 47.1 Å². The van der Waals surface area contributed by atoms with Gasteiger partial charge in [0, 0.05) is 37.5 Å². The van der Waals surface area contributed by atoms with Crippen LogP contribution in [0.2, 0.25) is 0 Å². The lowest BCUT2D eigenvalue weighted by molar-refractivity contribution is -0.137. The number of piperidine rings is 1. The predicted molar refractivity (Wildman–Crippen MR) is 83.1 cm³/mol. The van der Waals surface area contributed by atoms with Gasteiger partial charge in [-0.2, -0.15) is 0 Å². The van der Waals surface area contributed by atoms with Crippen molar-refractivity contribution in [2.75, 3.05) is 13.1 Å². The van der Waals surface area contributed by atoms with Gasteiger partial charge in [0.1, 0.15) is 0 Å². The van der Waals surface area contributed by atoms with Gasteiger partial charge >= 0.3 is 5.97 Å². The first-order chi connectivity index (χ1) is 9.83. The minimum atomic E-state index is -0.738. The molecule has 1 saturated heterocycles. The van der Waals surface area contributed by atoms with Crippen LogP contribution in [0.4, 0.5) is 0 Å². The quantitative estimate of drug-likeness (QED) is 0.755. The lowest BCUT2D eigenvalue weighted by Crippen LogP contribution is -2.53. The smallest absolute Gasteiger partial charge is 0.303 e. The van der Waals surface area contributed by atoms with E-state index in [0.29, 0.717) is 18.4 Å². The van der Waals surface area contributed by atoms with Crippen LogP contribution < -0.4 is 5.32 Å². The molecule has 5 heteroatoms. The molecule has 0 radical (unpaired) electrons. The molecular formula is C16H30N2O3. The summed E-state index contributed by atoms with van der Waals surface area (Å²) >= 11 is 0. The number of likely N-dealkylation sites (tertiary alicyclic amines) is 1. The van der Waals surface area contributed by atoms with E-state index in [2.05, 4.69) is 24.1 Å². The normalized spacial score (nSPS) is 24.8. The van der Waals surface area contributed by atoms with Crippen molar-refractivity contribution in [3.63, 3.8) is 0 Å². The third-order valence-corrected chi connectivity index (χ3v) is 4.42. The lowest BCUT2D eigenvalue weighted by Gasteiger charge is -2.41. The summed E-state index contributed by atoms with van der Waals surface area (Å²) in [5.41, 5.74) is 0. The number of hydrogen-bond donors (Lipinski definition) is 2. The van der Waals surface area contributed by atoms with Crippen LogP contribution in [0, 0.1) is 11.8 Å². The highest BCUT2D eigenvalue weighted by Gasteiger charge is 2.30. The molecule has 3 atom stereocenters. The number of carbonyl (C=O) groups is 2. The highest BCUT2D eigenvalue weighted by molar-refractivity contribution is 5.78. The summed E-state index contributed by atoms with van der Waals surface area (Å²) in [7, 11) is 0. The molecule has 1 fully saturated rings. The molecule has 2 N–H and O–H groups in total. The monoisotopic (exact) mass is 298 g/mol. The first-order valence-electron chi connectivity index (χ1n) is 8.09. The van der Waals surface area contributed by atoms with Crippen LogP contribution in [0.15, 0.2) is 0 Å². The topological polar surface area (TPSA) is 69.6 Å². The Morgan fingerprint density at radius 3 is 2.48 bits per heavy atom. The van der Waals surface area contributed by atoms with Crippen molar-refractivity contribution in [1.82, 2.24) is 10.2 Å². The number of carboxylic acids is 1. The molecular weight excluding hydrogens is 268 g/mol. The van der Waals surface area contributed by atoms with Gasteiger partial charge in [0.05, 0.1) is 0 Å². The maximum absolute atomic E-state index is 11.9. The number of amides is 1. The summed E-state index contributed by atoms with van der Waals surface area (Å²) in [4.78, 5) is 25.1. The zero-order chi connectivity index (χ0) is 16.0. The second kappa shape index (κ2) is 8.37. The number of nitrogens with one attached hydrogen (secondary N) is 1. The summed E-state index contributed by atoms with van der Waals surface area (Å²) in [5.74, 6) is -0.316. The van der Waals surface area contributed by atoms with E-state index in [1.807, 2.05) is 13.8 Å². The largest absolute Gasteiger partial charge is 0.481 e. The van der Waals surface area contributed by atoms with Crippen molar-refractivity contribution in [3.8, 4) is 0 Å². The fraction of sp³-hybridized carbons (Fsp3) is 0.875. The molecule has 21 heavy (non-hydrogen) atoms. The van der Waals surface area contributed by atoms with Crippen molar-refractivity contribution >= 4 is 11.9 Å². The molecule has 1 rings (SSSR count). The van der Waals surface area contributed by atoms with E-state index < -0.39 is 5.97 Å². The molecule has 1 heterocycles. The van der Waals surface area contributed by atoms with Gasteiger partial charge in [0.15, 0.2) is 0 Å². The fourth-order valence-corrected chi connectivity index (χ4v) is 2.87. The molecule has 3 unspecified atom stereocenters. The van der Waals surface area contributed by atoms with E-state index in [1.54, 1.807) is 0 Å². The summed E-state index contributed by atoms with van der Waals surface area (Å²) < 4.78 is 0. The van der Waals surface area contributed by atoms with Crippen LogP contribution in [0.3, 0.4) is 0 Å². The van der Waals surface area contributed by atoms with Crippen LogP contribution in [-0.2, 0) is 9.59 Å². The van der Waals surface area contributed by atoms with Gasteiger partial charge in [-0.25, -0.2) is 0 Å². The van der Waals surface area contributed by atoms with Crippen molar-refractivity contribution in [3.05, 3.63) is 0 Å². The third-order valence-electron chi connectivity index (χ3n) is 4.42. The second-order valence-electron chi connectivity index (χ2n) is 6.61. The number of hydrogen-bond acceptors (Lipinski definition) is 3. The first-order valence-corrected chi connectivity index (χ1v) is 8.09. The molecule has 1 aliphatic heterocycles. The minimum Gasteiger partial charge on any atom is -0.481 e. The molecule has 1 aliphatic rings. The maximum Gasteiger partial charge on any atom is 0.303 e. The molecule has 0 aromatic heterocycles. The van der Waals surface area contributed by atoms with Crippen molar-refractivity contribution in [2.24, 2.45) is 11.8 Å². The molecule has 0 spiro atoms. The molecule has 122 valence electrons. The van der Waals surface area contributed by atoms with Crippen LogP contribution in [0.25, 0.3) is 0 Å². The maximum atomic E-state index is 11.9. The Labute approximate surface area is 128 Å². The third kappa shape index (κ3) is 6.04. The average Bonchev–Trinajstić information content (AvgIpc) is 2.43. The Morgan fingerprint density at radius 2 is 1.95 bits per heavy atom. The zero-order valence-electron chi connectivity index (χ0n) is 13.8. The number of nitrogens with zero attached hydrogens (tertiary/aromatic N) is 1. The highest BCUT2D eigenvalue weighted by atomic mass is 16.4. The Morgan fingerprint density at radius 1 is 1.29 bits per heavy atom. The van der Waals surface area contributed by atoms with Crippen molar-refractivity contribution in [1.29, 1.82) is 0 Å². The van der Waals surface area contributed by atoms with E-state index >= 15 is 0 Å². The molecule has 0 bridgehead atoms. The van der Waals surface area contributed by atoms with E-state index in [4.69, 9.17) is 5.11 Å². The molecule has 0 aromatic carbocycles. The van der Waals surface area contributed by atoms with E-state index in [0.717, 1.165) is 25.9 Å². The number of carboxylic acid groups (broad SMARTS) is 1.